The predicted octanol–water partition coefficient (Wildman–Crippen LogP) is 1.23. The van der Waals surface area contributed by atoms with Crippen LogP contribution >= 0.6 is 0 Å². The standard InChI is InChI=1S/C25H37N3O6/c1-5-6-10-15(2)20-14-21(30)27-19(13-18-11-8-7-9-12-18)24(32)26-16(3)23(31)28-22(17(4)29)25(33)34-20/h7-9,11-12,15-17,19-20,22,29H,5-6,10,13-14H2,1-4H3,(H,26,32)(H,27,30)(H,28,31)/t15-,16+,17+,19+,20-,22?/m1/s1. The molecule has 0 bridgehead atoms. The Kier molecular flexibility index (Phi) is 10.5. The van der Waals surface area contributed by atoms with E-state index in [1.54, 1.807) is 0 Å². The van der Waals surface area contributed by atoms with Gasteiger partial charge in [0.2, 0.25) is 17.7 Å². The Hall–Kier alpha value is -2.94. The first-order chi connectivity index (χ1) is 16.1. The summed E-state index contributed by atoms with van der Waals surface area (Å²) in [5.41, 5.74) is 0.845. The van der Waals surface area contributed by atoms with E-state index in [4.69, 9.17) is 4.74 Å². The van der Waals surface area contributed by atoms with Crippen molar-refractivity contribution >= 4 is 23.7 Å². The van der Waals surface area contributed by atoms with Crippen LogP contribution in [0.5, 0.6) is 0 Å². The lowest BCUT2D eigenvalue weighted by molar-refractivity contribution is -0.159. The molecule has 0 spiro atoms. The van der Waals surface area contributed by atoms with E-state index in [1.165, 1.54) is 13.8 Å². The number of hydrogen-bond donors (Lipinski definition) is 4. The maximum absolute atomic E-state index is 13.0. The van der Waals surface area contributed by atoms with Crippen LogP contribution in [0.3, 0.4) is 0 Å². The lowest BCUT2D eigenvalue weighted by atomic mass is 9.95. The van der Waals surface area contributed by atoms with E-state index in [-0.39, 0.29) is 18.8 Å². The molecule has 1 saturated heterocycles. The fourth-order valence-electron chi connectivity index (χ4n) is 3.82. The number of amides is 3. The minimum Gasteiger partial charge on any atom is -0.460 e. The summed E-state index contributed by atoms with van der Waals surface area (Å²) in [5, 5.41) is 17.9. The Morgan fingerprint density at radius 2 is 1.71 bits per heavy atom. The van der Waals surface area contributed by atoms with Crippen LogP contribution in [0.1, 0.15) is 58.9 Å². The molecule has 9 heteroatoms. The van der Waals surface area contributed by atoms with Crippen molar-refractivity contribution in [2.24, 2.45) is 5.92 Å². The van der Waals surface area contributed by atoms with Crippen molar-refractivity contribution in [3.05, 3.63) is 35.9 Å². The van der Waals surface area contributed by atoms with Gasteiger partial charge >= 0.3 is 5.97 Å². The van der Waals surface area contributed by atoms with E-state index in [2.05, 4.69) is 16.0 Å². The van der Waals surface area contributed by atoms with E-state index in [0.717, 1.165) is 24.8 Å². The number of aliphatic hydroxyl groups is 1. The molecule has 34 heavy (non-hydrogen) atoms. The number of ether oxygens (including phenoxy) is 1. The SMILES string of the molecule is CCCC[C@@H](C)[C@H]1CC(=O)N[C@@H](Cc2ccccc2)C(=O)N[C@@H](C)C(=O)NC([C@H](C)O)C(=O)O1. The van der Waals surface area contributed by atoms with Gasteiger partial charge in [0.15, 0.2) is 6.04 Å². The molecule has 9 nitrogen and oxygen atoms in total. The minimum absolute atomic E-state index is 0.134. The van der Waals surface area contributed by atoms with Crippen LogP contribution in [0.2, 0.25) is 0 Å². The van der Waals surface area contributed by atoms with Gasteiger partial charge in [0.25, 0.3) is 0 Å². The van der Waals surface area contributed by atoms with Crippen LogP contribution < -0.4 is 16.0 Å². The average Bonchev–Trinajstić information content (AvgIpc) is 2.79. The van der Waals surface area contributed by atoms with Crippen molar-refractivity contribution in [3.63, 3.8) is 0 Å². The van der Waals surface area contributed by atoms with Gasteiger partial charge in [0.1, 0.15) is 18.2 Å². The highest BCUT2D eigenvalue weighted by atomic mass is 16.5. The van der Waals surface area contributed by atoms with Crippen LogP contribution in [0.4, 0.5) is 0 Å². The lowest BCUT2D eigenvalue weighted by Gasteiger charge is -2.27. The van der Waals surface area contributed by atoms with Crippen LogP contribution in [0.15, 0.2) is 30.3 Å². The van der Waals surface area contributed by atoms with Gasteiger partial charge in [0.05, 0.1) is 12.5 Å². The van der Waals surface area contributed by atoms with E-state index >= 15 is 0 Å². The summed E-state index contributed by atoms with van der Waals surface area (Å²) < 4.78 is 5.65. The van der Waals surface area contributed by atoms with Gasteiger partial charge in [-0.1, -0.05) is 57.0 Å². The highest BCUT2D eigenvalue weighted by Crippen LogP contribution is 2.20. The zero-order valence-corrected chi connectivity index (χ0v) is 20.4. The monoisotopic (exact) mass is 475 g/mol. The van der Waals surface area contributed by atoms with Gasteiger partial charge in [-0.2, -0.15) is 0 Å². The molecule has 1 fully saturated rings. The molecule has 0 aromatic heterocycles. The third-order valence-electron chi connectivity index (χ3n) is 6.02. The second-order valence-corrected chi connectivity index (χ2v) is 9.07. The summed E-state index contributed by atoms with van der Waals surface area (Å²) in [5.74, 6) is -2.54. The Morgan fingerprint density at radius 1 is 1.03 bits per heavy atom. The third-order valence-corrected chi connectivity index (χ3v) is 6.02. The number of unbranched alkanes of at least 4 members (excludes halogenated alkanes) is 1. The molecule has 188 valence electrons. The van der Waals surface area contributed by atoms with Crippen LogP contribution in [0.25, 0.3) is 0 Å². The van der Waals surface area contributed by atoms with E-state index in [1.807, 2.05) is 44.2 Å². The maximum Gasteiger partial charge on any atom is 0.331 e. The van der Waals surface area contributed by atoms with Gasteiger partial charge < -0.3 is 25.8 Å². The average molecular weight is 476 g/mol. The number of rotatable bonds is 7. The van der Waals surface area contributed by atoms with Crippen molar-refractivity contribution in [3.8, 4) is 0 Å². The Labute approximate surface area is 201 Å². The number of cyclic esters (lactones) is 1. The van der Waals surface area contributed by atoms with E-state index < -0.39 is 54.0 Å². The molecule has 1 aromatic rings. The molecule has 3 amide bonds. The zero-order valence-electron chi connectivity index (χ0n) is 20.4. The number of carbonyl (C=O) groups is 4. The number of carbonyl (C=O) groups excluding carboxylic acids is 4. The first-order valence-electron chi connectivity index (χ1n) is 11.9. The van der Waals surface area contributed by atoms with Gasteiger partial charge in [-0.3, -0.25) is 14.4 Å². The molecule has 4 N–H and O–H groups in total. The third kappa shape index (κ3) is 8.13. The second-order valence-electron chi connectivity index (χ2n) is 9.07. The summed E-state index contributed by atoms with van der Waals surface area (Å²) in [6.45, 7) is 6.77. The first kappa shape index (κ1) is 27.3. The smallest absolute Gasteiger partial charge is 0.331 e. The molecule has 1 aliphatic rings. The van der Waals surface area contributed by atoms with Crippen molar-refractivity contribution in [2.75, 3.05) is 0 Å². The number of nitrogens with one attached hydrogen (secondary N) is 3. The molecule has 1 heterocycles. The molecular formula is C25H37N3O6. The number of hydrogen-bond acceptors (Lipinski definition) is 6. The summed E-state index contributed by atoms with van der Waals surface area (Å²) in [6.07, 6.45) is 0.680. The molecule has 0 aliphatic carbocycles. The van der Waals surface area contributed by atoms with Crippen LogP contribution in [0, 0.1) is 5.92 Å². The van der Waals surface area contributed by atoms with Crippen molar-refractivity contribution < 1.29 is 29.0 Å². The number of aliphatic hydroxyl groups excluding tert-OH is 1. The molecule has 2 rings (SSSR count). The summed E-state index contributed by atoms with van der Waals surface area (Å²) in [6, 6.07) is 5.99. The predicted molar refractivity (Wildman–Crippen MR) is 126 cm³/mol. The number of esters is 1. The highest BCUT2D eigenvalue weighted by molar-refractivity contribution is 5.94. The molecule has 0 radical (unpaired) electrons. The van der Waals surface area contributed by atoms with E-state index in [0.29, 0.717) is 0 Å². The molecule has 1 aliphatic heterocycles. The van der Waals surface area contributed by atoms with Gasteiger partial charge in [0, 0.05) is 6.42 Å². The van der Waals surface area contributed by atoms with E-state index in [9.17, 15) is 24.3 Å². The maximum atomic E-state index is 13.0. The highest BCUT2D eigenvalue weighted by Gasteiger charge is 2.35. The largest absolute Gasteiger partial charge is 0.460 e. The summed E-state index contributed by atoms with van der Waals surface area (Å²) in [7, 11) is 0. The van der Waals surface area contributed by atoms with Crippen LogP contribution in [-0.4, -0.2) is 59.1 Å². The fourth-order valence-corrected chi connectivity index (χ4v) is 3.82. The van der Waals surface area contributed by atoms with Crippen molar-refractivity contribution in [2.45, 2.75) is 90.1 Å². The van der Waals surface area contributed by atoms with Gasteiger partial charge in [-0.15, -0.1) is 0 Å². The minimum atomic E-state index is -1.32. The van der Waals surface area contributed by atoms with Gasteiger partial charge in [-0.25, -0.2) is 4.79 Å². The normalized spacial score (nSPS) is 26.5. The molecule has 6 atom stereocenters. The Balaban J connectivity index is 2.35. The molecule has 1 aromatic carbocycles. The Morgan fingerprint density at radius 3 is 2.32 bits per heavy atom. The fraction of sp³-hybridized carbons (Fsp3) is 0.600. The number of benzene rings is 1. The van der Waals surface area contributed by atoms with Crippen molar-refractivity contribution in [1.82, 2.24) is 16.0 Å². The summed E-state index contributed by atoms with van der Waals surface area (Å²) >= 11 is 0. The van der Waals surface area contributed by atoms with Crippen LogP contribution in [-0.2, 0) is 30.3 Å². The summed E-state index contributed by atoms with van der Waals surface area (Å²) in [4.78, 5) is 51.5. The molecule has 0 saturated carbocycles. The van der Waals surface area contributed by atoms with Gasteiger partial charge in [-0.05, 0) is 31.7 Å². The first-order valence-corrected chi connectivity index (χ1v) is 11.9. The molecular weight excluding hydrogens is 438 g/mol. The second kappa shape index (κ2) is 13.1. The zero-order chi connectivity index (χ0) is 25.3. The quantitative estimate of drug-likeness (QED) is 0.438. The van der Waals surface area contributed by atoms with Crippen molar-refractivity contribution in [1.29, 1.82) is 0 Å². The molecule has 1 unspecified atom stereocenters. The lowest BCUT2D eigenvalue weighted by Crippen LogP contribution is -2.56. The Bertz CT molecular complexity index is 844. The topological polar surface area (TPSA) is 134 Å².